The van der Waals surface area contributed by atoms with Gasteiger partial charge in [0.25, 0.3) is 5.91 Å². The first-order chi connectivity index (χ1) is 11.2. The van der Waals surface area contributed by atoms with Crippen LogP contribution in [0.1, 0.15) is 68.7 Å². The zero-order chi connectivity index (χ0) is 16.0. The average Bonchev–Trinajstić information content (AvgIpc) is 3.26. The number of hydrogen-bond acceptors (Lipinski definition) is 3. The van der Waals surface area contributed by atoms with E-state index in [0.29, 0.717) is 12.1 Å². The van der Waals surface area contributed by atoms with Gasteiger partial charge in [0.2, 0.25) is 0 Å². The lowest BCUT2D eigenvalue weighted by Gasteiger charge is -2.23. The van der Waals surface area contributed by atoms with Crippen LogP contribution in [0.2, 0.25) is 0 Å². The molecule has 0 spiro atoms. The molecular weight excluding hydrogens is 308 g/mol. The second-order valence-corrected chi connectivity index (χ2v) is 7.41. The highest BCUT2D eigenvalue weighted by atomic mass is 32.1. The summed E-state index contributed by atoms with van der Waals surface area (Å²) in [6.45, 7) is 2.69. The maximum atomic E-state index is 13.1. The van der Waals surface area contributed by atoms with E-state index in [-0.39, 0.29) is 17.7 Å². The molecule has 3 heterocycles. The van der Waals surface area contributed by atoms with Crippen molar-refractivity contribution in [3.05, 3.63) is 44.9 Å². The lowest BCUT2D eigenvalue weighted by molar-refractivity contribution is 0.0731. The van der Waals surface area contributed by atoms with Crippen molar-refractivity contribution >= 4 is 23.0 Å². The number of aromatic amines is 1. The fraction of sp³-hybridized carbons (Fsp3) is 0.444. The standard InChI is InChI=1S/C18H20N2O2S/c1-11-16-12(5-2-7-14(16)21)19-17(11)18(22)20-9-3-6-13(20)15-8-4-10-23-15/h4,8,10,13,19H,2-3,5-7,9H2,1H3. The van der Waals surface area contributed by atoms with E-state index in [2.05, 4.69) is 16.4 Å². The minimum atomic E-state index is 0.0422. The van der Waals surface area contributed by atoms with Gasteiger partial charge in [-0.1, -0.05) is 6.07 Å². The molecule has 4 nitrogen and oxygen atoms in total. The van der Waals surface area contributed by atoms with Gasteiger partial charge in [0.15, 0.2) is 5.78 Å². The van der Waals surface area contributed by atoms with Gasteiger partial charge in [-0.05, 0) is 49.6 Å². The molecule has 0 aromatic carbocycles. The van der Waals surface area contributed by atoms with Gasteiger partial charge in [0.05, 0.1) is 6.04 Å². The molecule has 2 aromatic rings. The van der Waals surface area contributed by atoms with Crippen LogP contribution >= 0.6 is 11.3 Å². The predicted molar refractivity (Wildman–Crippen MR) is 90.1 cm³/mol. The van der Waals surface area contributed by atoms with Crippen LogP contribution in [0.5, 0.6) is 0 Å². The zero-order valence-corrected chi connectivity index (χ0v) is 14.0. The molecule has 1 saturated heterocycles. The zero-order valence-electron chi connectivity index (χ0n) is 13.2. The molecule has 1 amide bonds. The van der Waals surface area contributed by atoms with Gasteiger partial charge in [0, 0.05) is 29.1 Å². The Morgan fingerprint density at radius 2 is 2.22 bits per heavy atom. The number of amides is 1. The van der Waals surface area contributed by atoms with Crippen molar-refractivity contribution in [2.45, 2.75) is 45.1 Å². The van der Waals surface area contributed by atoms with Gasteiger partial charge in [-0.3, -0.25) is 9.59 Å². The molecule has 2 aliphatic rings. The smallest absolute Gasteiger partial charge is 0.271 e. The Morgan fingerprint density at radius 1 is 1.35 bits per heavy atom. The highest BCUT2D eigenvalue weighted by Gasteiger charge is 2.34. The quantitative estimate of drug-likeness (QED) is 0.909. The number of fused-ring (bicyclic) bond motifs is 1. The SMILES string of the molecule is Cc1c(C(=O)N2CCCC2c2cccs2)[nH]c2c1C(=O)CCC2. The molecule has 5 heteroatoms. The van der Waals surface area contributed by atoms with Crippen LogP contribution < -0.4 is 0 Å². The molecule has 23 heavy (non-hydrogen) atoms. The van der Waals surface area contributed by atoms with E-state index in [9.17, 15) is 9.59 Å². The number of aryl methyl sites for hydroxylation is 1. The third kappa shape index (κ3) is 2.34. The number of hydrogen-bond donors (Lipinski definition) is 1. The number of nitrogens with one attached hydrogen (secondary N) is 1. The first kappa shape index (κ1) is 14.7. The third-order valence-corrected chi connectivity index (χ3v) is 6.01. The number of rotatable bonds is 2. The van der Waals surface area contributed by atoms with Crippen molar-refractivity contribution in [2.75, 3.05) is 6.54 Å². The Morgan fingerprint density at radius 3 is 2.96 bits per heavy atom. The summed E-state index contributed by atoms with van der Waals surface area (Å²) in [5.41, 5.74) is 3.18. The Kier molecular flexibility index (Phi) is 3.60. The Hall–Kier alpha value is -1.88. The minimum Gasteiger partial charge on any atom is -0.354 e. The lowest BCUT2D eigenvalue weighted by Crippen LogP contribution is -2.31. The van der Waals surface area contributed by atoms with Crippen LogP contribution in [0.15, 0.2) is 17.5 Å². The summed E-state index contributed by atoms with van der Waals surface area (Å²) in [5.74, 6) is 0.218. The molecule has 0 saturated carbocycles. The van der Waals surface area contributed by atoms with E-state index < -0.39 is 0 Å². The third-order valence-electron chi connectivity index (χ3n) is 5.04. The maximum absolute atomic E-state index is 13.1. The van der Waals surface area contributed by atoms with E-state index in [1.807, 2.05) is 17.9 Å². The van der Waals surface area contributed by atoms with Crippen LogP contribution in [0.4, 0.5) is 0 Å². The molecule has 120 valence electrons. The molecule has 1 fully saturated rings. The summed E-state index contributed by atoms with van der Waals surface area (Å²) in [5, 5.41) is 2.06. The van der Waals surface area contributed by atoms with Gasteiger partial charge in [-0.2, -0.15) is 0 Å². The lowest BCUT2D eigenvalue weighted by atomic mass is 9.93. The second kappa shape index (κ2) is 5.64. The van der Waals surface area contributed by atoms with E-state index >= 15 is 0 Å². The van der Waals surface area contributed by atoms with Gasteiger partial charge in [-0.15, -0.1) is 11.3 Å². The highest BCUT2D eigenvalue weighted by Crippen LogP contribution is 2.36. The van der Waals surface area contributed by atoms with Crippen LogP contribution in [0, 0.1) is 6.92 Å². The van der Waals surface area contributed by atoms with Crippen molar-refractivity contribution in [3.8, 4) is 0 Å². The van der Waals surface area contributed by atoms with Gasteiger partial charge < -0.3 is 9.88 Å². The first-order valence-corrected chi connectivity index (χ1v) is 9.14. The van der Waals surface area contributed by atoms with Crippen LogP contribution in [0.25, 0.3) is 0 Å². The van der Waals surface area contributed by atoms with Crippen molar-refractivity contribution in [2.24, 2.45) is 0 Å². The van der Waals surface area contributed by atoms with E-state index in [1.165, 1.54) is 4.88 Å². The molecule has 1 aliphatic carbocycles. The number of H-pyrrole nitrogens is 1. The molecule has 1 atom stereocenters. The molecule has 1 unspecified atom stereocenters. The average molecular weight is 328 g/mol. The summed E-state index contributed by atoms with van der Waals surface area (Å²) >= 11 is 1.71. The van der Waals surface area contributed by atoms with Crippen molar-refractivity contribution < 1.29 is 9.59 Å². The van der Waals surface area contributed by atoms with Crippen LogP contribution in [0.3, 0.4) is 0 Å². The van der Waals surface area contributed by atoms with Crippen molar-refractivity contribution in [1.29, 1.82) is 0 Å². The Labute approximate surface area is 139 Å². The number of carbonyl (C=O) groups is 2. The second-order valence-electron chi connectivity index (χ2n) is 6.43. The number of ketones is 1. The minimum absolute atomic E-state index is 0.0422. The molecule has 0 radical (unpaired) electrons. The normalized spacial score (nSPS) is 20.8. The maximum Gasteiger partial charge on any atom is 0.271 e. The fourth-order valence-corrected chi connectivity index (χ4v) is 4.79. The van der Waals surface area contributed by atoms with Crippen LogP contribution in [-0.4, -0.2) is 28.1 Å². The molecular formula is C18H20N2O2S. The van der Waals surface area contributed by atoms with Gasteiger partial charge in [0.1, 0.15) is 5.69 Å². The summed E-state index contributed by atoms with van der Waals surface area (Å²) in [6.07, 6.45) is 4.39. The monoisotopic (exact) mass is 328 g/mol. The van der Waals surface area contributed by atoms with Crippen molar-refractivity contribution in [3.63, 3.8) is 0 Å². The summed E-state index contributed by atoms with van der Waals surface area (Å²) in [7, 11) is 0. The molecule has 1 aliphatic heterocycles. The van der Waals surface area contributed by atoms with E-state index in [4.69, 9.17) is 0 Å². The van der Waals surface area contributed by atoms with Gasteiger partial charge >= 0.3 is 0 Å². The molecule has 2 aromatic heterocycles. The number of aromatic nitrogens is 1. The highest BCUT2D eigenvalue weighted by molar-refractivity contribution is 7.10. The Balaban J connectivity index is 1.68. The predicted octanol–water partition coefficient (Wildman–Crippen LogP) is 3.88. The van der Waals surface area contributed by atoms with Crippen molar-refractivity contribution in [1.82, 2.24) is 9.88 Å². The summed E-state index contributed by atoms with van der Waals surface area (Å²) in [6, 6.07) is 4.33. The number of likely N-dealkylation sites (tertiary alicyclic amines) is 1. The number of nitrogens with zero attached hydrogens (tertiary/aromatic N) is 1. The molecule has 4 rings (SSSR count). The largest absolute Gasteiger partial charge is 0.354 e. The van der Waals surface area contributed by atoms with Gasteiger partial charge in [-0.25, -0.2) is 0 Å². The number of thiophene rings is 1. The number of carbonyl (C=O) groups excluding carboxylic acids is 2. The molecule has 1 N–H and O–H groups in total. The summed E-state index contributed by atoms with van der Waals surface area (Å²) in [4.78, 5) is 31.7. The first-order valence-electron chi connectivity index (χ1n) is 8.26. The van der Waals surface area contributed by atoms with E-state index in [0.717, 1.165) is 49.0 Å². The van der Waals surface area contributed by atoms with Crippen LogP contribution in [-0.2, 0) is 6.42 Å². The fourth-order valence-electron chi connectivity index (χ4n) is 3.92. The summed E-state index contributed by atoms with van der Waals surface area (Å²) < 4.78 is 0. The topological polar surface area (TPSA) is 53.2 Å². The van der Waals surface area contributed by atoms with E-state index in [1.54, 1.807) is 11.3 Å². The number of Topliss-reactive ketones (excluding diaryl/α,β-unsaturated/α-hetero) is 1. The molecule has 0 bridgehead atoms. The Bertz CT molecular complexity index is 760.